The molecule has 136 valence electrons. The van der Waals surface area contributed by atoms with Gasteiger partial charge in [0.05, 0.1) is 6.61 Å². The van der Waals surface area contributed by atoms with Crippen LogP contribution in [0.25, 0.3) is 10.8 Å². The van der Waals surface area contributed by atoms with Crippen molar-refractivity contribution in [3.63, 3.8) is 0 Å². The minimum atomic E-state index is 0. The van der Waals surface area contributed by atoms with Gasteiger partial charge in [-0.05, 0) is 36.9 Å². The van der Waals surface area contributed by atoms with E-state index in [1.54, 1.807) is 0 Å². The van der Waals surface area contributed by atoms with Gasteiger partial charge < -0.3 is 39.8 Å². The molecule has 0 aliphatic carbocycles. The van der Waals surface area contributed by atoms with Crippen molar-refractivity contribution in [1.82, 2.24) is 10.2 Å². The summed E-state index contributed by atoms with van der Waals surface area (Å²) in [5.74, 6) is 0.997. The SMILES string of the molecule is CCOc1ccc2ccccc2c1CNCCN(CC)CC.[Cl-].[Cl-]. The largest absolute Gasteiger partial charge is 1.00 e. The van der Waals surface area contributed by atoms with Crippen LogP contribution in [0.5, 0.6) is 5.75 Å². The summed E-state index contributed by atoms with van der Waals surface area (Å²) >= 11 is 0. The zero-order valence-electron chi connectivity index (χ0n) is 14.8. The van der Waals surface area contributed by atoms with Gasteiger partial charge in [0.15, 0.2) is 0 Å². The summed E-state index contributed by atoms with van der Waals surface area (Å²) in [5.41, 5.74) is 1.26. The molecule has 0 fully saturated rings. The summed E-state index contributed by atoms with van der Waals surface area (Å²) < 4.78 is 5.82. The van der Waals surface area contributed by atoms with E-state index in [1.807, 2.05) is 6.92 Å². The lowest BCUT2D eigenvalue weighted by atomic mass is 10.0. The van der Waals surface area contributed by atoms with Crippen LogP contribution in [0.2, 0.25) is 0 Å². The highest BCUT2D eigenvalue weighted by molar-refractivity contribution is 5.87. The molecule has 5 heteroatoms. The second-order valence-corrected chi connectivity index (χ2v) is 5.40. The predicted octanol–water partition coefficient (Wildman–Crippen LogP) is -2.32. The van der Waals surface area contributed by atoms with E-state index < -0.39 is 0 Å². The molecule has 0 unspecified atom stereocenters. The molecule has 0 spiro atoms. The molecule has 2 aromatic rings. The van der Waals surface area contributed by atoms with E-state index in [2.05, 4.69) is 60.5 Å². The first kappa shape index (κ1) is 23.0. The monoisotopic (exact) mass is 370 g/mol. The molecule has 2 rings (SSSR count). The number of nitrogens with zero attached hydrogens (tertiary/aromatic N) is 1. The zero-order chi connectivity index (χ0) is 15.8. The van der Waals surface area contributed by atoms with E-state index in [4.69, 9.17) is 4.74 Å². The fraction of sp³-hybridized carbons (Fsp3) is 0.474. The quantitative estimate of drug-likeness (QED) is 0.501. The van der Waals surface area contributed by atoms with Gasteiger partial charge in [-0.2, -0.15) is 0 Å². The molecule has 0 atom stereocenters. The van der Waals surface area contributed by atoms with Gasteiger partial charge in [0.1, 0.15) is 5.75 Å². The maximum Gasteiger partial charge on any atom is 0.124 e. The second kappa shape index (κ2) is 12.4. The maximum absolute atomic E-state index is 5.82. The Labute approximate surface area is 158 Å². The molecule has 0 bridgehead atoms. The third kappa shape index (κ3) is 6.14. The van der Waals surface area contributed by atoms with Gasteiger partial charge >= 0.3 is 0 Å². The number of halogens is 2. The molecular formula is C19H28Cl2N2O-2. The van der Waals surface area contributed by atoms with Crippen LogP contribution in [-0.2, 0) is 6.54 Å². The van der Waals surface area contributed by atoms with Crippen molar-refractivity contribution in [1.29, 1.82) is 0 Å². The predicted molar refractivity (Wildman–Crippen MR) is 94.6 cm³/mol. The van der Waals surface area contributed by atoms with Gasteiger partial charge in [0.25, 0.3) is 0 Å². The minimum Gasteiger partial charge on any atom is -1.00 e. The molecule has 24 heavy (non-hydrogen) atoms. The fourth-order valence-corrected chi connectivity index (χ4v) is 2.78. The highest BCUT2D eigenvalue weighted by atomic mass is 35.5. The van der Waals surface area contributed by atoms with E-state index in [0.29, 0.717) is 6.61 Å². The summed E-state index contributed by atoms with van der Waals surface area (Å²) in [6.07, 6.45) is 0. The summed E-state index contributed by atoms with van der Waals surface area (Å²) in [4.78, 5) is 2.43. The standard InChI is InChI=1S/C19H28N2O.2ClH/c1-4-21(5-2)14-13-20-15-18-17-10-8-7-9-16(17)11-12-19(18)22-6-3;;/h7-12,20H,4-6,13-15H2,1-3H3;2*1H/p-2. The Bertz CT molecular complexity index is 589. The third-order valence-electron chi connectivity index (χ3n) is 4.10. The summed E-state index contributed by atoms with van der Waals surface area (Å²) in [7, 11) is 0. The van der Waals surface area contributed by atoms with Gasteiger partial charge in [0.2, 0.25) is 0 Å². The molecule has 2 aromatic carbocycles. The van der Waals surface area contributed by atoms with Crippen molar-refractivity contribution >= 4 is 10.8 Å². The first-order chi connectivity index (χ1) is 10.8. The van der Waals surface area contributed by atoms with Gasteiger partial charge in [-0.3, -0.25) is 0 Å². The maximum atomic E-state index is 5.82. The van der Waals surface area contributed by atoms with Crippen LogP contribution in [0.1, 0.15) is 26.3 Å². The van der Waals surface area contributed by atoms with Crippen molar-refractivity contribution in [3.8, 4) is 5.75 Å². The molecule has 0 heterocycles. The Kier molecular flexibility index (Phi) is 11.9. The van der Waals surface area contributed by atoms with Crippen LogP contribution in [0.15, 0.2) is 36.4 Å². The van der Waals surface area contributed by atoms with Crippen molar-refractivity contribution in [2.45, 2.75) is 27.3 Å². The number of hydrogen-bond donors (Lipinski definition) is 1. The number of hydrogen-bond acceptors (Lipinski definition) is 3. The Morgan fingerprint density at radius 2 is 1.67 bits per heavy atom. The highest BCUT2D eigenvalue weighted by Gasteiger charge is 2.08. The number of nitrogens with one attached hydrogen (secondary N) is 1. The molecule has 0 aromatic heterocycles. The lowest BCUT2D eigenvalue weighted by Gasteiger charge is -2.19. The summed E-state index contributed by atoms with van der Waals surface area (Å²) in [6.45, 7) is 12.3. The Morgan fingerprint density at radius 1 is 0.958 bits per heavy atom. The average Bonchev–Trinajstić information content (AvgIpc) is 2.56. The summed E-state index contributed by atoms with van der Waals surface area (Å²) in [5, 5.41) is 6.12. The van der Waals surface area contributed by atoms with Crippen molar-refractivity contribution < 1.29 is 29.6 Å². The van der Waals surface area contributed by atoms with Crippen LogP contribution < -0.4 is 34.9 Å². The second-order valence-electron chi connectivity index (χ2n) is 5.40. The van der Waals surface area contributed by atoms with E-state index in [0.717, 1.165) is 38.5 Å². The average molecular weight is 371 g/mol. The molecule has 0 saturated carbocycles. The number of benzene rings is 2. The fourth-order valence-electron chi connectivity index (χ4n) is 2.78. The van der Waals surface area contributed by atoms with E-state index in [1.165, 1.54) is 16.3 Å². The van der Waals surface area contributed by atoms with Crippen LogP contribution in [0, 0.1) is 0 Å². The summed E-state index contributed by atoms with van der Waals surface area (Å²) in [6, 6.07) is 12.7. The van der Waals surface area contributed by atoms with Gasteiger partial charge in [0, 0.05) is 25.2 Å². The molecule has 1 N–H and O–H groups in total. The third-order valence-corrected chi connectivity index (χ3v) is 4.10. The smallest absolute Gasteiger partial charge is 0.124 e. The van der Waals surface area contributed by atoms with Crippen molar-refractivity contribution in [3.05, 3.63) is 42.0 Å². The number of fused-ring (bicyclic) bond motifs is 1. The van der Waals surface area contributed by atoms with E-state index in [9.17, 15) is 0 Å². The zero-order valence-corrected chi connectivity index (χ0v) is 16.3. The minimum absolute atomic E-state index is 0. The lowest BCUT2D eigenvalue weighted by molar-refractivity contribution is -0.001000. The normalized spacial score (nSPS) is 10.3. The van der Waals surface area contributed by atoms with Gasteiger partial charge in [-0.15, -0.1) is 0 Å². The number of rotatable bonds is 9. The number of ether oxygens (including phenoxy) is 1. The van der Waals surface area contributed by atoms with Crippen LogP contribution >= 0.6 is 0 Å². The Hall–Kier alpha value is -1.00. The molecule has 0 aliphatic heterocycles. The highest BCUT2D eigenvalue weighted by Crippen LogP contribution is 2.28. The lowest BCUT2D eigenvalue weighted by Crippen LogP contribution is -3.00. The van der Waals surface area contributed by atoms with E-state index in [-0.39, 0.29) is 24.8 Å². The topological polar surface area (TPSA) is 24.5 Å². The van der Waals surface area contributed by atoms with Crippen LogP contribution in [0.4, 0.5) is 0 Å². The first-order valence-corrected chi connectivity index (χ1v) is 8.36. The molecule has 0 amide bonds. The van der Waals surface area contributed by atoms with Crippen molar-refractivity contribution in [2.75, 3.05) is 32.8 Å². The molecule has 0 saturated heterocycles. The van der Waals surface area contributed by atoms with Gasteiger partial charge in [-0.1, -0.05) is 44.2 Å². The van der Waals surface area contributed by atoms with Gasteiger partial charge in [-0.25, -0.2) is 0 Å². The van der Waals surface area contributed by atoms with Crippen LogP contribution in [-0.4, -0.2) is 37.7 Å². The first-order valence-electron chi connectivity index (χ1n) is 8.36. The Balaban J connectivity index is 0.00000264. The molecule has 0 aliphatic rings. The van der Waals surface area contributed by atoms with Crippen LogP contribution in [0.3, 0.4) is 0 Å². The van der Waals surface area contributed by atoms with Crippen molar-refractivity contribution in [2.24, 2.45) is 0 Å². The number of likely N-dealkylation sites (N-methyl/N-ethyl adjacent to an activating group) is 1. The molecule has 3 nitrogen and oxygen atoms in total. The Morgan fingerprint density at radius 3 is 2.33 bits per heavy atom. The molecule has 0 radical (unpaired) electrons. The van der Waals surface area contributed by atoms with E-state index >= 15 is 0 Å². The molecular weight excluding hydrogens is 343 g/mol.